The minimum atomic E-state index is -3.97. The summed E-state index contributed by atoms with van der Waals surface area (Å²) in [6.45, 7) is 6.69. The summed E-state index contributed by atoms with van der Waals surface area (Å²) in [5.74, 6) is -1.75. The lowest BCUT2D eigenvalue weighted by Crippen LogP contribution is -2.45. The molecule has 2 aromatic carbocycles. The van der Waals surface area contributed by atoms with Crippen molar-refractivity contribution in [2.45, 2.75) is 38.6 Å². The van der Waals surface area contributed by atoms with Gasteiger partial charge in [0, 0.05) is 10.7 Å². The van der Waals surface area contributed by atoms with Crippen molar-refractivity contribution in [2.24, 2.45) is 5.92 Å². The molecule has 162 valence electrons. The van der Waals surface area contributed by atoms with Crippen molar-refractivity contribution in [3.8, 4) is 0 Å². The van der Waals surface area contributed by atoms with Gasteiger partial charge in [0.2, 0.25) is 10.0 Å². The fourth-order valence-electron chi connectivity index (χ4n) is 2.55. The van der Waals surface area contributed by atoms with E-state index in [9.17, 15) is 18.0 Å². The monoisotopic (exact) mass is 452 g/mol. The van der Waals surface area contributed by atoms with Crippen LogP contribution in [0.1, 0.15) is 25.0 Å². The van der Waals surface area contributed by atoms with Crippen LogP contribution in [0.3, 0.4) is 0 Å². The summed E-state index contributed by atoms with van der Waals surface area (Å²) in [6.07, 6.45) is 0. The molecule has 1 unspecified atom stereocenters. The number of amides is 1. The normalized spacial score (nSPS) is 12.5. The third kappa shape index (κ3) is 6.55. The average Bonchev–Trinajstić information content (AvgIpc) is 2.67. The highest BCUT2D eigenvalue weighted by molar-refractivity contribution is 7.89. The lowest BCUT2D eigenvalue weighted by molar-refractivity contribution is -0.150. The molecule has 0 aromatic heterocycles. The number of anilines is 1. The maximum absolute atomic E-state index is 12.6. The van der Waals surface area contributed by atoms with E-state index in [1.54, 1.807) is 19.9 Å². The number of ether oxygens (including phenoxy) is 1. The van der Waals surface area contributed by atoms with Gasteiger partial charge in [-0.2, -0.15) is 4.72 Å². The fourth-order valence-corrected chi connectivity index (χ4v) is 4.01. The van der Waals surface area contributed by atoms with Gasteiger partial charge in [-0.15, -0.1) is 0 Å². The molecular formula is C21H25ClN2O5S. The first kappa shape index (κ1) is 23.9. The Morgan fingerprint density at radius 2 is 1.67 bits per heavy atom. The van der Waals surface area contributed by atoms with Gasteiger partial charge in [0.05, 0.1) is 4.90 Å². The van der Waals surface area contributed by atoms with Gasteiger partial charge >= 0.3 is 5.97 Å². The molecule has 0 radical (unpaired) electrons. The Balaban J connectivity index is 2.00. The van der Waals surface area contributed by atoms with Crippen LogP contribution in [0.5, 0.6) is 0 Å². The number of halogens is 1. The first-order valence-corrected chi connectivity index (χ1v) is 11.2. The van der Waals surface area contributed by atoms with E-state index in [4.69, 9.17) is 16.3 Å². The molecule has 1 atom stereocenters. The van der Waals surface area contributed by atoms with E-state index in [0.29, 0.717) is 10.7 Å². The Hall–Kier alpha value is -2.42. The van der Waals surface area contributed by atoms with Gasteiger partial charge in [-0.25, -0.2) is 8.42 Å². The van der Waals surface area contributed by atoms with Crippen molar-refractivity contribution in [1.82, 2.24) is 4.72 Å². The average molecular weight is 453 g/mol. The number of benzene rings is 2. The number of hydrogen-bond acceptors (Lipinski definition) is 5. The Bertz CT molecular complexity index is 1020. The lowest BCUT2D eigenvalue weighted by atomic mass is 10.1. The number of nitrogens with one attached hydrogen (secondary N) is 2. The van der Waals surface area contributed by atoms with Crippen molar-refractivity contribution >= 4 is 39.2 Å². The largest absolute Gasteiger partial charge is 0.454 e. The molecule has 1 amide bonds. The quantitative estimate of drug-likeness (QED) is 0.597. The lowest BCUT2D eigenvalue weighted by Gasteiger charge is -2.20. The highest BCUT2D eigenvalue weighted by atomic mass is 35.5. The Labute approximate surface area is 181 Å². The number of aryl methyl sites for hydroxylation is 2. The maximum Gasteiger partial charge on any atom is 0.324 e. The van der Waals surface area contributed by atoms with Crippen molar-refractivity contribution in [2.75, 3.05) is 11.9 Å². The summed E-state index contributed by atoms with van der Waals surface area (Å²) in [4.78, 5) is 24.5. The first-order chi connectivity index (χ1) is 14.0. The zero-order valence-electron chi connectivity index (χ0n) is 17.2. The summed E-state index contributed by atoms with van der Waals surface area (Å²) in [5.41, 5.74) is 2.69. The molecular weight excluding hydrogens is 428 g/mol. The van der Waals surface area contributed by atoms with Gasteiger partial charge in [-0.3, -0.25) is 9.59 Å². The smallest absolute Gasteiger partial charge is 0.324 e. The van der Waals surface area contributed by atoms with Crippen LogP contribution in [0.25, 0.3) is 0 Å². The molecule has 7 nitrogen and oxygen atoms in total. The second kappa shape index (κ2) is 10.1. The van der Waals surface area contributed by atoms with Gasteiger partial charge in [0.15, 0.2) is 6.61 Å². The zero-order chi connectivity index (χ0) is 22.5. The van der Waals surface area contributed by atoms with E-state index in [-0.39, 0.29) is 4.90 Å². The van der Waals surface area contributed by atoms with E-state index in [0.717, 1.165) is 11.1 Å². The molecule has 2 aromatic rings. The van der Waals surface area contributed by atoms with Gasteiger partial charge in [-0.05, 0) is 67.3 Å². The zero-order valence-corrected chi connectivity index (χ0v) is 18.8. The second-order valence-electron chi connectivity index (χ2n) is 7.25. The molecule has 0 aliphatic rings. The number of hydrogen-bond donors (Lipinski definition) is 2. The predicted molar refractivity (Wildman–Crippen MR) is 116 cm³/mol. The Kier molecular flexibility index (Phi) is 8.00. The van der Waals surface area contributed by atoms with Gasteiger partial charge in [-0.1, -0.05) is 31.5 Å². The van der Waals surface area contributed by atoms with Gasteiger partial charge < -0.3 is 10.1 Å². The van der Waals surface area contributed by atoms with Gasteiger partial charge in [0.25, 0.3) is 5.91 Å². The van der Waals surface area contributed by atoms with Crippen molar-refractivity contribution < 1.29 is 22.7 Å². The topological polar surface area (TPSA) is 102 Å². The van der Waals surface area contributed by atoms with Crippen LogP contribution in [-0.2, 0) is 24.3 Å². The number of rotatable bonds is 8. The summed E-state index contributed by atoms with van der Waals surface area (Å²) >= 11 is 5.79. The predicted octanol–water partition coefficient (Wildman–Crippen LogP) is 3.44. The molecule has 0 heterocycles. The van der Waals surface area contributed by atoms with E-state index in [1.165, 1.54) is 24.3 Å². The van der Waals surface area contributed by atoms with Crippen LogP contribution in [0, 0.1) is 19.8 Å². The number of esters is 1. The summed E-state index contributed by atoms with van der Waals surface area (Å²) in [5, 5.41) is 3.04. The van der Waals surface area contributed by atoms with Crippen LogP contribution in [0.15, 0.2) is 47.4 Å². The molecule has 0 fully saturated rings. The van der Waals surface area contributed by atoms with Gasteiger partial charge in [0.1, 0.15) is 6.04 Å². The van der Waals surface area contributed by atoms with E-state index in [2.05, 4.69) is 10.0 Å². The van der Waals surface area contributed by atoms with Crippen LogP contribution < -0.4 is 10.0 Å². The maximum atomic E-state index is 12.6. The minimum absolute atomic E-state index is 0.0298. The molecule has 0 saturated carbocycles. The molecule has 0 bridgehead atoms. The summed E-state index contributed by atoms with van der Waals surface area (Å²) in [6, 6.07) is 9.84. The highest BCUT2D eigenvalue weighted by Gasteiger charge is 2.30. The molecule has 0 aliphatic carbocycles. The third-order valence-corrected chi connectivity index (χ3v) is 6.17. The summed E-state index contributed by atoms with van der Waals surface area (Å²) in [7, 11) is -3.97. The minimum Gasteiger partial charge on any atom is -0.454 e. The van der Waals surface area contributed by atoms with Crippen molar-refractivity contribution in [3.05, 3.63) is 58.6 Å². The van der Waals surface area contributed by atoms with Crippen LogP contribution in [-0.4, -0.2) is 32.9 Å². The molecule has 0 spiro atoms. The molecule has 9 heteroatoms. The SMILES string of the molecule is Cc1ccc(NC(=O)COC(=O)C(NS(=O)(=O)c2ccc(Cl)cc2)C(C)C)cc1C. The molecule has 0 aliphatic heterocycles. The fraction of sp³-hybridized carbons (Fsp3) is 0.333. The summed E-state index contributed by atoms with van der Waals surface area (Å²) < 4.78 is 32.5. The highest BCUT2D eigenvalue weighted by Crippen LogP contribution is 2.17. The van der Waals surface area contributed by atoms with E-state index >= 15 is 0 Å². The molecule has 0 saturated heterocycles. The van der Waals surface area contributed by atoms with Crippen molar-refractivity contribution in [1.29, 1.82) is 0 Å². The first-order valence-electron chi connectivity index (χ1n) is 9.31. The molecule has 2 N–H and O–H groups in total. The van der Waals surface area contributed by atoms with Crippen molar-refractivity contribution in [3.63, 3.8) is 0 Å². The number of sulfonamides is 1. The Morgan fingerprint density at radius 1 is 1.03 bits per heavy atom. The number of carbonyl (C=O) groups is 2. The second-order valence-corrected chi connectivity index (χ2v) is 9.40. The third-order valence-electron chi connectivity index (χ3n) is 4.46. The van der Waals surface area contributed by atoms with E-state index < -0.39 is 40.5 Å². The standard InChI is InChI=1S/C21H25ClN2O5S/c1-13(2)20(24-30(27,28)18-9-6-16(22)7-10-18)21(26)29-12-19(25)23-17-8-5-14(3)15(4)11-17/h5-11,13,20,24H,12H2,1-4H3,(H,23,25). The van der Waals surface area contributed by atoms with E-state index in [1.807, 2.05) is 26.0 Å². The molecule has 30 heavy (non-hydrogen) atoms. The van der Waals surface area contributed by atoms with Crippen LogP contribution in [0.4, 0.5) is 5.69 Å². The number of carbonyl (C=O) groups excluding carboxylic acids is 2. The Morgan fingerprint density at radius 3 is 2.23 bits per heavy atom. The van der Waals surface area contributed by atoms with Crippen LogP contribution in [0.2, 0.25) is 5.02 Å². The van der Waals surface area contributed by atoms with Crippen LogP contribution >= 0.6 is 11.6 Å². The molecule has 2 rings (SSSR count).